The van der Waals surface area contributed by atoms with Gasteiger partial charge in [-0.25, -0.2) is 14.0 Å². The molecule has 39 heavy (non-hydrogen) atoms. The maximum Gasteiger partial charge on any atom is 0.407 e. The van der Waals surface area contributed by atoms with E-state index in [1.165, 1.54) is 19.2 Å². The van der Waals surface area contributed by atoms with Crippen LogP contribution in [0.5, 0.6) is 5.88 Å². The van der Waals surface area contributed by atoms with E-state index in [4.69, 9.17) is 18.9 Å². The highest BCUT2D eigenvalue weighted by Gasteiger charge is 2.26. The maximum atomic E-state index is 13.8. The van der Waals surface area contributed by atoms with Crippen LogP contribution < -0.4 is 10.1 Å². The van der Waals surface area contributed by atoms with Crippen LogP contribution in [0.2, 0.25) is 0 Å². The summed E-state index contributed by atoms with van der Waals surface area (Å²) in [5.41, 5.74) is 1.87. The second-order valence-corrected chi connectivity index (χ2v) is 9.63. The number of methoxy groups -OCH3 is 1. The van der Waals surface area contributed by atoms with Crippen molar-refractivity contribution in [2.24, 2.45) is 5.92 Å². The second-order valence-electron chi connectivity index (χ2n) is 9.63. The third kappa shape index (κ3) is 7.93. The summed E-state index contributed by atoms with van der Waals surface area (Å²) in [7, 11) is 1.45. The molecule has 1 aromatic heterocycles. The third-order valence-electron chi connectivity index (χ3n) is 6.80. The number of fused-ring (bicyclic) bond motifs is 1. The zero-order valence-electron chi connectivity index (χ0n) is 22.4. The molecular weight excluding hydrogens is 505 g/mol. The highest BCUT2D eigenvalue weighted by Crippen LogP contribution is 2.30. The number of amides is 1. The molecule has 2 N–H and O–H groups in total. The first kappa shape index (κ1) is 28.4. The number of aromatic nitrogens is 1. The Hall–Kier alpha value is -3.63. The summed E-state index contributed by atoms with van der Waals surface area (Å²) in [5.74, 6) is -0.527. The van der Waals surface area contributed by atoms with Gasteiger partial charge >= 0.3 is 12.1 Å². The zero-order valence-corrected chi connectivity index (χ0v) is 22.4. The van der Waals surface area contributed by atoms with Crippen molar-refractivity contribution in [1.82, 2.24) is 15.2 Å². The van der Waals surface area contributed by atoms with Crippen LogP contribution >= 0.6 is 0 Å². The number of ether oxygens (including phenoxy) is 4. The lowest BCUT2D eigenvalue weighted by molar-refractivity contribution is 0.0347. The van der Waals surface area contributed by atoms with E-state index in [0.717, 1.165) is 31.5 Å². The number of alkyl carbamates (subject to hydrolysis) is 1. The van der Waals surface area contributed by atoms with Gasteiger partial charge in [-0.05, 0) is 62.5 Å². The number of likely N-dealkylation sites (tertiary alicyclic amines) is 1. The van der Waals surface area contributed by atoms with Crippen molar-refractivity contribution in [2.75, 3.05) is 46.6 Å². The van der Waals surface area contributed by atoms with Crippen LogP contribution in [0.25, 0.3) is 10.9 Å². The first-order valence-corrected chi connectivity index (χ1v) is 13.3. The molecule has 4 rings (SSSR count). The number of carbonyl (C=O) groups excluding carboxylic acids is 2. The molecule has 210 valence electrons. The minimum absolute atomic E-state index is 0.198. The minimum atomic E-state index is -0.541. The monoisotopic (exact) mass is 541 g/mol. The smallest absolute Gasteiger partial charge is 0.407 e. The predicted molar refractivity (Wildman–Crippen MR) is 144 cm³/mol. The van der Waals surface area contributed by atoms with Crippen LogP contribution in [0.3, 0.4) is 0 Å². The standard InChI is InChI=1S/C29H36FN3O6/c1-3-38-29(35)31-23(19-37-17-20-7-5-4-6-8-20)16-33-13-11-21(12-14-33)18-39-28(34)26-24-15-22(30)9-10-25(24)32-27(26)36-2/h4-10,15,21,23,32H,3,11-14,16-19H2,1-2H3,(H,31,35)/t23-/m0/s1. The van der Waals surface area contributed by atoms with E-state index < -0.39 is 17.9 Å². The van der Waals surface area contributed by atoms with Gasteiger partial charge in [-0.3, -0.25) is 0 Å². The summed E-state index contributed by atoms with van der Waals surface area (Å²) >= 11 is 0. The summed E-state index contributed by atoms with van der Waals surface area (Å²) < 4.78 is 35.7. The molecule has 9 nitrogen and oxygen atoms in total. The second kappa shape index (κ2) is 14.0. The van der Waals surface area contributed by atoms with Crippen LogP contribution in [-0.2, 0) is 20.8 Å². The third-order valence-corrected chi connectivity index (χ3v) is 6.80. The van der Waals surface area contributed by atoms with Crippen molar-refractivity contribution in [2.45, 2.75) is 32.4 Å². The number of aromatic amines is 1. The highest BCUT2D eigenvalue weighted by atomic mass is 19.1. The molecule has 3 aromatic rings. The van der Waals surface area contributed by atoms with Crippen molar-refractivity contribution in [3.8, 4) is 5.88 Å². The molecule has 1 aliphatic rings. The molecule has 1 aliphatic heterocycles. The molecule has 1 amide bonds. The summed E-state index contributed by atoms with van der Waals surface area (Å²) in [4.78, 5) is 30.2. The van der Waals surface area contributed by atoms with E-state index in [-0.39, 0.29) is 30.0 Å². The predicted octanol–water partition coefficient (Wildman–Crippen LogP) is 4.52. The minimum Gasteiger partial charge on any atom is -0.482 e. The van der Waals surface area contributed by atoms with Crippen molar-refractivity contribution < 1.29 is 32.9 Å². The molecule has 0 saturated carbocycles. The molecule has 10 heteroatoms. The van der Waals surface area contributed by atoms with Gasteiger partial charge in [0.1, 0.15) is 11.4 Å². The van der Waals surface area contributed by atoms with Crippen molar-refractivity contribution >= 4 is 23.0 Å². The lowest BCUT2D eigenvalue weighted by Crippen LogP contribution is -2.48. The van der Waals surface area contributed by atoms with Crippen molar-refractivity contribution in [3.05, 3.63) is 65.5 Å². The molecule has 2 aromatic carbocycles. The molecule has 2 heterocycles. The fourth-order valence-electron chi connectivity index (χ4n) is 4.78. The van der Waals surface area contributed by atoms with Gasteiger partial charge in [-0.15, -0.1) is 0 Å². The molecule has 1 saturated heterocycles. The molecule has 0 unspecified atom stereocenters. The molecule has 0 spiro atoms. The van der Waals surface area contributed by atoms with Crippen LogP contribution in [-0.4, -0.2) is 74.6 Å². The average Bonchev–Trinajstić information content (AvgIpc) is 3.31. The number of benzene rings is 2. The Morgan fingerprint density at radius 2 is 1.90 bits per heavy atom. The number of hydrogen-bond acceptors (Lipinski definition) is 7. The number of H-pyrrole nitrogens is 1. The van der Waals surface area contributed by atoms with Crippen LogP contribution in [0.1, 0.15) is 35.7 Å². The largest absolute Gasteiger partial charge is 0.482 e. The molecule has 0 bridgehead atoms. The van der Waals surface area contributed by atoms with Gasteiger partial charge < -0.3 is 34.1 Å². The quantitative estimate of drug-likeness (QED) is 0.325. The van der Waals surface area contributed by atoms with Crippen LogP contribution in [0.4, 0.5) is 9.18 Å². The number of carbonyl (C=O) groups is 2. The highest BCUT2D eigenvalue weighted by molar-refractivity contribution is 6.06. The molecule has 1 atom stereocenters. The number of piperidine rings is 1. The van der Waals surface area contributed by atoms with Gasteiger partial charge in [-0.1, -0.05) is 30.3 Å². The lowest BCUT2D eigenvalue weighted by atomic mass is 9.97. The van der Waals surface area contributed by atoms with Gasteiger partial charge in [-0.2, -0.15) is 0 Å². The van der Waals surface area contributed by atoms with Gasteiger partial charge in [0.05, 0.1) is 39.6 Å². The Kier molecular flexibility index (Phi) is 10.2. The van der Waals surface area contributed by atoms with E-state index >= 15 is 0 Å². The normalized spacial score (nSPS) is 15.2. The van der Waals surface area contributed by atoms with Crippen molar-refractivity contribution in [3.63, 3.8) is 0 Å². The van der Waals surface area contributed by atoms with Crippen LogP contribution in [0.15, 0.2) is 48.5 Å². The lowest BCUT2D eigenvalue weighted by Gasteiger charge is -2.34. The van der Waals surface area contributed by atoms with E-state index in [1.807, 2.05) is 30.3 Å². The summed E-state index contributed by atoms with van der Waals surface area (Å²) in [6.45, 7) is 5.37. The molecular formula is C29H36FN3O6. The number of halogens is 1. The van der Waals surface area contributed by atoms with Gasteiger partial charge in [0.25, 0.3) is 0 Å². The number of esters is 1. The first-order valence-electron chi connectivity index (χ1n) is 13.3. The fourth-order valence-corrected chi connectivity index (χ4v) is 4.78. The van der Waals surface area contributed by atoms with Crippen molar-refractivity contribution in [1.29, 1.82) is 0 Å². The Bertz CT molecular complexity index is 1230. The van der Waals surface area contributed by atoms with Gasteiger partial charge in [0, 0.05) is 17.4 Å². The van der Waals surface area contributed by atoms with Crippen LogP contribution in [0, 0.1) is 11.7 Å². The number of hydrogen-bond donors (Lipinski definition) is 2. The molecule has 0 radical (unpaired) electrons. The van der Waals surface area contributed by atoms with Gasteiger partial charge in [0.15, 0.2) is 0 Å². The van der Waals surface area contributed by atoms with E-state index in [0.29, 0.717) is 37.3 Å². The maximum absolute atomic E-state index is 13.8. The first-order chi connectivity index (χ1) is 19.0. The Balaban J connectivity index is 1.26. The molecule has 0 aliphatic carbocycles. The fraction of sp³-hybridized carbons (Fsp3) is 0.448. The Labute approximate surface area is 227 Å². The van der Waals surface area contributed by atoms with E-state index in [9.17, 15) is 14.0 Å². The number of nitrogens with zero attached hydrogens (tertiary/aromatic N) is 1. The topological polar surface area (TPSA) is 102 Å². The van der Waals surface area contributed by atoms with E-state index in [2.05, 4.69) is 15.2 Å². The Morgan fingerprint density at radius 1 is 1.13 bits per heavy atom. The summed E-state index contributed by atoms with van der Waals surface area (Å²) in [6.07, 6.45) is 1.22. The average molecular weight is 542 g/mol. The van der Waals surface area contributed by atoms with E-state index in [1.54, 1.807) is 13.0 Å². The SMILES string of the molecule is CCOC(=O)N[C@H](COCc1ccccc1)CN1CCC(COC(=O)c2c(OC)[nH]c3ccc(F)cc23)CC1. The Morgan fingerprint density at radius 3 is 2.62 bits per heavy atom. The van der Waals surface area contributed by atoms with Gasteiger partial charge in [0.2, 0.25) is 5.88 Å². The summed E-state index contributed by atoms with van der Waals surface area (Å²) in [6, 6.07) is 13.8. The summed E-state index contributed by atoms with van der Waals surface area (Å²) in [5, 5.41) is 3.34. The molecule has 1 fully saturated rings. The number of rotatable bonds is 12. The zero-order chi connectivity index (χ0) is 27.6. The number of nitrogens with one attached hydrogen (secondary N) is 2.